The molecule has 0 nitrogen and oxygen atoms in total. The molecular weight excluding hydrogens is 284 g/mol. The Morgan fingerprint density at radius 1 is 0.833 bits per heavy atom. The van der Waals surface area contributed by atoms with Crippen LogP contribution < -0.4 is 0 Å². The Balaban J connectivity index is 2.38. The van der Waals surface area contributed by atoms with Gasteiger partial charge in [-0.25, -0.2) is 0 Å². The van der Waals surface area contributed by atoms with E-state index in [2.05, 4.69) is 60.7 Å². The highest BCUT2D eigenvalue weighted by Gasteiger charge is 2.00. The molecule has 0 amide bonds. The summed E-state index contributed by atoms with van der Waals surface area (Å²) in [5.74, 6) is 6.50. The highest BCUT2D eigenvalue weighted by Crippen LogP contribution is 2.15. The molecule has 1 heteroatoms. The van der Waals surface area contributed by atoms with E-state index in [1.807, 2.05) is 24.3 Å². The first-order valence-electron chi connectivity index (χ1n) is 5.92. The quantitative estimate of drug-likeness (QED) is 0.614. The van der Waals surface area contributed by atoms with Crippen LogP contribution in [0.15, 0.2) is 40.9 Å². The van der Waals surface area contributed by atoms with E-state index in [9.17, 15) is 0 Å². The molecule has 0 aliphatic carbocycles. The van der Waals surface area contributed by atoms with Crippen LogP contribution in [0, 0.1) is 32.6 Å². The topological polar surface area (TPSA) is 0 Å². The van der Waals surface area contributed by atoms with Gasteiger partial charge in [0.1, 0.15) is 0 Å². The lowest BCUT2D eigenvalue weighted by atomic mass is 10.00. The lowest BCUT2D eigenvalue weighted by Gasteiger charge is -2.04. The molecule has 0 saturated heterocycles. The Morgan fingerprint density at radius 2 is 1.39 bits per heavy atom. The molecule has 0 saturated carbocycles. The third kappa shape index (κ3) is 3.03. The van der Waals surface area contributed by atoms with Gasteiger partial charge in [0.2, 0.25) is 0 Å². The van der Waals surface area contributed by atoms with E-state index >= 15 is 0 Å². The van der Waals surface area contributed by atoms with Crippen molar-refractivity contribution < 1.29 is 0 Å². The number of halogens is 1. The van der Waals surface area contributed by atoms with Crippen molar-refractivity contribution in [2.75, 3.05) is 0 Å². The molecule has 2 aromatic carbocycles. The predicted molar refractivity (Wildman–Crippen MR) is 80.8 cm³/mol. The predicted octanol–water partition coefficient (Wildman–Crippen LogP) is 4.77. The number of benzene rings is 2. The zero-order chi connectivity index (χ0) is 13.1. The first-order chi connectivity index (χ1) is 8.56. The Bertz CT molecular complexity index is 602. The van der Waals surface area contributed by atoms with Crippen LogP contribution in [0.2, 0.25) is 0 Å². The zero-order valence-electron chi connectivity index (χ0n) is 10.8. The first-order valence-corrected chi connectivity index (χ1v) is 6.71. The zero-order valence-corrected chi connectivity index (χ0v) is 12.4. The molecule has 18 heavy (non-hydrogen) atoms. The molecular formula is C17H15Br. The minimum absolute atomic E-state index is 1.04. The lowest BCUT2D eigenvalue weighted by molar-refractivity contribution is 1.30. The van der Waals surface area contributed by atoms with Crippen molar-refractivity contribution in [3.8, 4) is 11.8 Å². The highest BCUT2D eigenvalue weighted by molar-refractivity contribution is 9.10. The third-order valence-electron chi connectivity index (χ3n) is 2.85. The molecule has 90 valence electrons. The third-order valence-corrected chi connectivity index (χ3v) is 3.38. The summed E-state index contributed by atoms with van der Waals surface area (Å²) in [6.45, 7) is 6.35. The van der Waals surface area contributed by atoms with Crippen LogP contribution in [-0.4, -0.2) is 0 Å². The monoisotopic (exact) mass is 298 g/mol. The molecule has 2 rings (SSSR count). The summed E-state index contributed by atoms with van der Waals surface area (Å²) in [6, 6.07) is 12.4. The minimum Gasteiger partial charge on any atom is -0.0616 e. The van der Waals surface area contributed by atoms with Crippen LogP contribution in [0.3, 0.4) is 0 Å². The van der Waals surface area contributed by atoms with Crippen molar-refractivity contribution in [2.45, 2.75) is 20.8 Å². The molecule has 0 heterocycles. The molecule has 0 aliphatic rings. The van der Waals surface area contributed by atoms with E-state index in [1.54, 1.807) is 0 Å². The average Bonchev–Trinajstić information content (AvgIpc) is 2.30. The van der Waals surface area contributed by atoms with Gasteiger partial charge in [-0.3, -0.25) is 0 Å². The van der Waals surface area contributed by atoms with Crippen molar-refractivity contribution in [3.63, 3.8) is 0 Å². The summed E-state index contributed by atoms with van der Waals surface area (Å²) in [5.41, 5.74) is 5.97. The molecule has 0 spiro atoms. The van der Waals surface area contributed by atoms with E-state index < -0.39 is 0 Å². The Kier molecular flexibility index (Phi) is 3.89. The summed E-state index contributed by atoms with van der Waals surface area (Å²) in [4.78, 5) is 0. The molecule has 0 aliphatic heterocycles. The molecule has 2 aromatic rings. The van der Waals surface area contributed by atoms with E-state index in [4.69, 9.17) is 0 Å². The maximum atomic E-state index is 3.42. The Morgan fingerprint density at radius 3 is 1.94 bits per heavy atom. The van der Waals surface area contributed by atoms with Gasteiger partial charge in [0.05, 0.1) is 0 Å². The summed E-state index contributed by atoms with van der Waals surface area (Å²) in [7, 11) is 0. The van der Waals surface area contributed by atoms with Gasteiger partial charge < -0.3 is 0 Å². The largest absolute Gasteiger partial charge is 0.0616 e. The second kappa shape index (κ2) is 5.42. The fraction of sp³-hybridized carbons (Fsp3) is 0.176. The fourth-order valence-corrected chi connectivity index (χ4v) is 2.31. The van der Waals surface area contributed by atoms with Gasteiger partial charge in [0.15, 0.2) is 0 Å². The van der Waals surface area contributed by atoms with Crippen molar-refractivity contribution in [1.82, 2.24) is 0 Å². The van der Waals surface area contributed by atoms with Gasteiger partial charge in [0, 0.05) is 15.6 Å². The fourth-order valence-electron chi connectivity index (χ4n) is 2.05. The number of hydrogen-bond donors (Lipinski definition) is 0. The number of rotatable bonds is 0. The second-order valence-electron chi connectivity index (χ2n) is 4.53. The second-order valence-corrected chi connectivity index (χ2v) is 5.45. The summed E-state index contributed by atoms with van der Waals surface area (Å²) < 4.78 is 1.08. The normalized spacial score (nSPS) is 9.78. The van der Waals surface area contributed by atoms with Gasteiger partial charge >= 0.3 is 0 Å². The van der Waals surface area contributed by atoms with E-state index in [-0.39, 0.29) is 0 Å². The molecule has 0 N–H and O–H groups in total. The number of aryl methyl sites for hydroxylation is 3. The van der Waals surface area contributed by atoms with Crippen molar-refractivity contribution >= 4 is 15.9 Å². The van der Waals surface area contributed by atoms with Gasteiger partial charge in [-0.15, -0.1) is 0 Å². The molecule has 0 bridgehead atoms. The smallest absolute Gasteiger partial charge is 0.0307 e. The van der Waals surface area contributed by atoms with Gasteiger partial charge in [-0.05, 0) is 56.2 Å². The molecule has 0 aromatic heterocycles. The van der Waals surface area contributed by atoms with Crippen LogP contribution in [-0.2, 0) is 0 Å². The maximum absolute atomic E-state index is 3.42. The van der Waals surface area contributed by atoms with Gasteiger partial charge in [-0.1, -0.05) is 45.5 Å². The number of hydrogen-bond acceptors (Lipinski definition) is 0. The Labute approximate surface area is 117 Å². The van der Waals surface area contributed by atoms with E-state index in [0.717, 1.165) is 15.6 Å². The minimum atomic E-state index is 1.04. The average molecular weight is 299 g/mol. The van der Waals surface area contributed by atoms with Gasteiger partial charge in [0.25, 0.3) is 0 Å². The maximum Gasteiger partial charge on any atom is 0.0307 e. The summed E-state index contributed by atoms with van der Waals surface area (Å²) >= 11 is 3.42. The highest BCUT2D eigenvalue weighted by atomic mass is 79.9. The first kappa shape index (κ1) is 12.9. The standard InChI is InChI=1S/C17H15Br/c1-12-10-13(2)17(14(3)11-12)9-6-15-4-7-16(18)8-5-15/h4-5,7-8,10-11H,1-3H3. The molecule has 0 unspecified atom stereocenters. The van der Waals surface area contributed by atoms with Crippen molar-refractivity contribution in [2.24, 2.45) is 0 Å². The van der Waals surface area contributed by atoms with Crippen molar-refractivity contribution in [1.29, 1.82) is 0 Å². The van der Waals surface area contributed by atoms with Crippen LogP contribution in [0.5, 0.6) is 0 Å². The van der Waals surface area contributed by atoms with Gasteiger partial charge in [-0.2, -0.15) is 0 Å². The molecule has 0 atom stereocenters. The van der Waals surface area contributed by atoms with Crippen LogP contribution in [0.4, 0.5) is 0 Å². The lowest BCUT2D eigenvalue weighted by Crippen LogP contribution is -1.89. The Hall–Kier alpha value is -1.52. The molecule has 0 fully saturated rings. The summed E-state index contributed by atoms with van der Waals surface area (Å²) in [5, 5.41) is 0. The molecule has 0 radical (unpaired) electrons. The van der Waals surface area contributed by atoms with E-state index in [0.29, 0.717) is 0 Å². The van der Waals surface area contributed by atoms with Crippen LogP contribution >= 0.6 is 15.9 Å². The summed E-state index contributed by atoms with van der Waals surface area (Å²) in [6.07, 6.45) is 0. The van der Waals surface area contributed by atoms with Crippen LogP contribution in [0.25, 0.3) is 0 Å². The van der Waals surface area contributed by atoms with Crippen molar-refractivity contribution in [3.05, 3.63) is 68.7 Å². The SMILES string of the molecule is Cc1cc(C)c(C#Cc2ccc(Br)cc2)c(C)c1. The van der Waals surface area contributed by atoms with Crippen LogP contribution in [0.1, 0.15) is 27.8 Å². The van der Waals surface area contributed by atoms with E-state index in [1.165, 1.54) is 16.7 Å².